The Bertz CT molecular complexity index is 1660. The standard InChI is InChI=1S/C26H23N9O/c1-35(2)8-9-36-19-10-17(13-28-15-19)18-11-21-23(33-34-24(21)30-14-18)26-31-22-20(5-7-29-25(22)32-26)16-4-3-6-27-12-16/h3-7,10-15H,8-9H2,1-2H3,(H,29,31,32)(H,30,33,34). The van der Waals surface area contributed by atoms with Crippen LogP contribution in [0.3, 0.4) is 0 Å². The molecule has 0 aliphatic carbocycles. The van der Waals surface area contributed by atoms with Crippen molar-refractivity contribution in [1.82, 2.24) is 45.0 Å². The van der Waals surface area contributed by atoms with E-state index in [0.717, 1.165) is 45.4 Å². The summed E-state index contributed by atoms with van der Waals surface area (Å²) in [6, 6.07) is 9.87. The minimum absolute atomic E-state index is 0.586. The van der Waals surface area contributed by atoms with Gasteiger partial charge in [-0.1, -0.05) is 6.07 Å². The van der Waals surface area contributed by atoms with Crippen LogP contribution >= 0.6 is 0 Å². The van der Waals surface area contributed by atoms with Gasteiger partial charge in [0.25, 0.3) is 0 Å². The highest BCUT2D eigenvalue weighted by Crippen LogP contribution is 2.32. The van der Waals surface area contributed by atoms with E-state index >= 15 is 0 Å². The van der Waals surface area contributed by atoms with Gasteiger partial charge in [0.15, 0.2) is 17.1 Å². The third-order valence-electron chi connectivity index (χ3n) is 5.86. The fraction of sp³-hybridized carbons (Fsp3) is 0.154. The van der Waals surface area contributed by atoms with Gasteiger partial charge in [0.2, 0.25) is 0 Å². The molecule has 6 aromatic rings. The van der Waals surface area contributed by atoms with E-state index in [0.29, 0.717) is 29.5 Å². The van der Waals surface area contributed by atoms with Crippen molar-refractivity contribution in [2.24, 2.45) is 0 Å². The van der Waals surface area contributed by atoms with Crippen molar-refractivity contribution in [3.8, 4) is 39.5 Å². The second-order valence-corrected chi connectivity index (χ2v) is 8.64. The molecular formula is C26H23N9O. The van der Waals surface area contributed by atoms with Gasteiger partial charge in [-0.25, -0.2) is 15.0 Å². The predicted molar refractivity (Wildman–Crippen MR) is 137 cm³/mol. The molecular weight excluding hydrogens is 454 g/mol. The average molecular weight is 478 g/mol. The van der Waals surface area contributed by atoms with Gasteiger partial charge in [0.1, 0.15) is 18.1 Å². The molecule has 10 heteroatoms. The molecule has 0 fully saturated rings. The zero-order valence-corrected chi connectivity index (χ0v) is 19.8. The van der Waals surface area contributed by atoms with Crippen molar-refractivity contribution in [3.63, 3.8) is 0 Å². The van der Waals surface area contributed by atoms with E-state index in [1.165, 1.54) is 0 Å². The SMILES string of the molecule is CN(C)CCOc1cncc(-c2cnc3n[nH]c(-c4nc5nccc(-c6cccnc6)c5[nH]4)c3c2)c1. The highest BCUT2D eigenvalue weighted by atomic mass is 16.5. The summed E-state index contributed by atoms with van der Waals surface area (Å²) >= 11 is 0. The van der Waals surface area contributed by atoms with Gasteiger partial charge in [0.05, 0.1) is 17.1 Å². The van der Waals surface area contributed by atoms with E-state index in [9.17, 15) is 0 Å². The summed E-state index contributed by atoms with van der Waals surface area (Å²) in [6.07, 6.45) is 10.6. The lowest BCUT2D eigenvalue weighted by Crippen LogP contribution is -2.19. The summed E-state index contributed by atoms with van der Waals surface area (Å²) in [5.74, 6) is 1.35. The lowest BCUT2D eigenvalue weighted by Gasteiger charge is -2.11. The maximum Gasteiger partial charge on any atom is 0.181 e. The van der Waals surface area contributed by atoms with Crippen LogP contribution in [0.4, 0.5) is 0 Å². The normalized spacial score (nSPS) is 11.5. The second-order valence-electron chi connectivity index (χ2n) is 8.64. The topological polar surface area (TPSA) is 121 Å². The van der Waals surface area contributed by atoms with Crippen LogP contribution in [0.15, 0.2) is 67.5 Å². The lowest BCUT2D eigenvalue weighted by atomic mass is 10.1. The van der Waals surface area contributed by atoms with Crippen LogP contribution in [0.5, 0.6) is 5.75 Å². The molecule has 0 aliphatic heterocycles. The first-order valence-corrected chi connectivity index (χ1v) is 11.5. The van der Waals surface area contributed by atoms with Gasteiger partial charge >= 0.3 is 0 Å². The number of likely N-dealkylation sites (N-methyl/N-ethyl adjacent to an activating group) is 1. The van der Waals surface area contributed by atoms with Crippen molar-refractivity contribution in [1.29, 1.82) is 0 Å². The minimum Gasteiger partial charge on any atom is -0.491 e. The van der Waals surface area contributed by atoms with Crippen molar-refractivity contribution in [2.45, 2.75) is 0 Å². The largest absolute Gasteiger partial charge is 0.491 e. The number of imidazole rings is 1. The number of nitrogens with one attached hydrogen (secondary N) is 2. The Balaban J connectivity index is 1.38. The highest BCUT2D eigenvalue weighted by Gasteiger charge is 2.17. The quantitative estimate of drug-likeness (QED) is 0.354. The monoisotopic (exact) mass is 477 g/mol. The van der Waals surface area contributed by atoms with Crippen LogP contribution in [0.2, 0.25) is 0 Å². The molecule has 0 bridgehead atoms. The highest BCUT2D eigenvalue weighted by molar-refractivity contribution is 5.96. The number of H-pyrrole nitrogens is 2. The third-order valence-corrected chi connectivity index (χ3v) is 5.86. The maximum absolute atomic E-state index is 5.86. The first-order valence-electron chi connectivity index (χ1n) is 11.5. The summed E-state index contributed by atoms with van der Waals surface area (Å²) < 4.78 is 5.86. The van der Waals surface area contributed by atoms with Crippen LogP contribution in [0.1, 0.15) is 0 Å². The smallest absolute Gasteiger partial charge is 0.181 e. The molecule has 6 heterocycles. The van der Waals surface area contributed by atoms with Crippen LogP contribution in [0.25, 0.3) is 56.0 Å². The third kappa shape index (κ3) is 4.14. The van der Waals surface area contributed by atoms with E-state index in [1.807, 2.05) is 50.6 Å². The van der Waals surface area contributed by atoms with Crippen LogP contribution in [-0.2, 0) is 0 Å². The van der Waals surface area contributed by atoms with Crippen molar-refractivity contribution in [2.75, 3.05) is 27.2 Å². The van der Waals surface area contributed by atoms with Crippen LogP contribution in [-0.4, -0.2) is 72.2 Å². The molecule has 178 valence electrons. The number of hydrogen-bond donors (Lipinski definition) is 2. The molecule has 0 spiro atoms. The van der Waals surface area contributed by atoms with E-state index in [4.69, 9.17) is 9.72 Å². The van der Waals surface area contributed by atoms with Gasteiger partial charge in [-0.2, -0.15) is 5.10 Å². The molecule has 0 aromatic carbocycles. The molecule has 0 radical (unpaired) electrons. The lowest BCUT2D eigenvalue weighted by molar-refractivity contribution is 0.261. The molecule has 10 nitrogen and oxygen atoms in total. The van der Waals surface area contributed by atoms with Crippen molar-refractivity contribution in [3.05, 3.63) is 67.5 Å². The number of aromatic amines is 2. The number of fused-ring (bicyclic) bond motifs is 2. The van der Waals surface area contributed by atoms with E-state index in [1.54, 1.807) is 31.0 Å². The summed E-state index contributed by atoms with van der Waals surface area (Å²) in [5, 5.41) is 8.31. The van der Waals surface area contributed by atoms with Gasteiger partial charge in [0, 0.05) is 59.8 Å². The first kappa shape index (κ1) is 21.8. The Kier molecular flexibility index (Phi) is 5.55. The molecule has 6 rings (SSSR count). The van der Waals surface area contributed by atoms with E-state index in [2.05, 4.69) is 40.0 Å². The van der Waals surface area contributed by atoms with Crippen molar-refractivity contribution >= 4 is 22.2 Å². The molecule has 0 saturated carbocycles. The molecule has 0 aliphatic rings. The van der Waals surface area contributed by atoms with E-state index < -0.39 is 0 Å². The van der Waals surface area contributed by atoms with Gasteiger partial charge in [-0.05, 0) is 38.4 Å². The molecule has 0 unspecified atom stereocenters. The second kappa shape index (κ2) is 9.16. The molecule has 2 N–H and O–H groups in total. The number of nitrogens with zero attached hydrogens (tertiary/aromatic N) is 7. The molecule has 0 atom stereocenters. The Hall–Kier alpha value is -4.70. The Morgan fingerprint density at radius 1 is 0.889 bits per heavy atom. The van der Waals surface area contributed by atoms with Crippen LogP contribution < -0.4 is 4.74 Å². The number of aromatic nitrogens is 8. The zero-order chi connectivity index (χ0) is 24.5. The van der Waals surface area contributed by atoms with Gasteiger partial charge in [-0.3, -0.25) is 15.1 Å². The molecule has 0 amide bonds. The van der Waals surface area contributed by atoms with Crippen molar-refractivity contribution < 1.29 is 4.74 Å². The molecule has 0 saturated heterocycles. The summed E-state index contributed by atoms with van der Waals surface area (Å²) in [7, 11) is 4.03. The summed E-state index contributed by atoms with van der Waals surface area (Å²) in [6.45, 7) is 1.41. The fourth-order valence-corrected chi connectivity index (χ4v) is 4.03. The average Bonchev–Trinajstić information content (AvgIpc) is 3.53. The minimum atomic E-state index is 0.586. The number of hydrogen-bond acceptors (Lipinski definition) is 8. The maximum atomic E-state index is 5.86. The molecule has 36 heavy (non-hydrogen) atoms. The fourth-order valence-electron chi connectivity index (χ4n) is 4.03. The summed E-state index contributed by atoms with van der Waals surface area (Å²) in [5.41, 5.74) is 6.56. The number of rotatable bonds is 7. The summed E-state index contributed by atoms with van der Waals surface area (Å²) in [4.78, 5) is 27.8. The zero-order valence-electron chi connectivity index (χ0n) is 19.8. The Morgan fingerprint density at radius 2 is 1.78 bits per heavy atom. The first-order chi connectivity index (χ1) is 17.7. The molecule has 6 aromatic heterocycles. The number of pyridine rings is 4. The van der Waals surface area contributed by atoms with Gasteiger partial charge in [-0.15, -0.1) is 0 Å². The van der Waals surface area contributed by atoms with E-state index in [-0.39, 0.29) is 0 Å². The Labute approximate surface area is 206 Å². The Morgan fingerprint density at radius 3 is 2.64 bits per heavy atom. The predicted octanol–water partition coefficient (Wildman–Crippen LogP) is 3.96. The number of ether oxygens (including phenoxy) is 1. The van der Waals surface area contributed by atoms with Crippen LogP contribution in [0, 0.1) is 0 Å². The van der Waals surface area contributed by atoms with Gasteiger partial charge < -0.3 is 14.6 Å².